The number of fused-ring (bicyclic) bond motifs is 1. The van der Waals surface area contributed by atoms with Gasteiger partial charge in [-0.25, -0.2) is 4.98 Å². The SMILES string of the molecule is CCN(CCCBr)c1nccc2occc12. The number of anilines is 1. The summed E-state index contributed by atoms with van der Waals surface area (Å²) >= 11 is 3.46. The zero-order chi connectivity index (χ0) is 11.4. The Balaban J connectivity index is 2.32. The maximum absolute atomic E-state index is 5.38. The largest absolute Gasteiger partial charge is 0.464 e. The Morgan fingerprint density at radius 2 is 2.31 bits per heavy atom. The molecule has 0 aliphatic heterocycles. The van der Waals surface area contributed by atoms with E-state index in [1.54, 1.807) is 12.5 Å². The van der Waals surface area contributed by atoms with E-state index in [9.17, 15) is 0 Å². The molecule has 0 fully saturated rings. The van der Waals surface area contributed by atoms with Gasteiger partial charge in [-0.05, 0) is 25.5 Å². The second kappa shape index (κ2) is 5.34. The quantitative estimate of drug-likeness (QED) is 0.787. The lowest BCUT2D eigenvalue weighted by molar-refractivity contribution is 0.615. The number of nitrogens with zero attached hydrogens (tertiary/aromatic N) is 2. The van der Waals surface area contributed by atoms with Crippen molar-refractivity contribution in [3.8, 4) is 0 Å². The first-order valence-corrected chi connectivity index (χ1v) is 6.62. The molecule has 0 aromatic carbocycles. The molecule has 0 aliphatic rings. The summed E-state index contributed by atoms with van der Waals surface area (Å²) in [5, 5.41) is 2.11. The molecule has 0 saturated heterocycles. The molecule has 0 bridgehead atoms. The Hall–Kier alpha value is -1.03. The zero-order valence-corrected chi connectivity index (χ0v) is 10.9. The molecule has 2 heterocycles. The van der Waals surface area contributed by atoms with Crippen LogP contribution in [0.2, 0.25) is 0 Å². The summed E-state index contributed by atoms with van der Waals surface area (Å²) in [5.41, 5.74) is 0.905. The molecule has 16 heavy (non-hydrogen) atoms. The van der Waals surface area contributed by atoms with Crippen molar-refractivity contribution in [2.24, 2.45) is 0 Å². The maximum Gasteiger partial charge on any atom is 0.139 e. The van der Waals surface area contributed by atoms with Gasteiger partial charge in [0.2, 0.25) is 0 Å². The van der Waals surface area contributed by atoms with Crippen LogP contribution in [0, 0.1) is 0 Å². The first kappa shape index (κ1) is 11.5. The van der Waals surface area contributed by atoms with Crippen molar-refractivity contribution in [2.45, 2.75) is 13.3 Å². The summed E-state index contributed by atoms with van der Waals surface area (Å²) in [6, 6.07) is 3.88. The second-order valence-electron chi connectivity index (χ2n) is 3.59. The molecule has 86 valence electrons. The van der Waals surface area contributed by atoms with Gasteiger partial charge in [-0.1, -0.05) is 15.9 Å². The molecule has 0 radical (unpaired) electrons. The highest BCUT2D eigenvalue weighted by Crippen LogP contribution is 2.25. The standard InChI is InChI=1S/C12H15BrN2O/c1-2-15(8-3-6-13)12-10-5-9-16-11(10)4-7-14-12/h4-5,7,9H,2-3,6,8H2,1H3. The fraction of sp³-hybridized carbons (Fsp3) is 0.417. The lowest BCUT2D eigenvalue weighted by atomic mass is 10.3. The molecular formula is C12H15BrN2O. The second-order valence-corrected chi connectivity index (χ2v) is 4.38. The van der Waals surface area contributed by atoms with E-state index in [0.717, 1.165) is 41.6 Å². The molecule has 0 spiro atoms. The van der Waals surface area contributed by atoms with Gasteiger partial charge in [0.25, 0.3) is 0 Å². The van der Waals surface area contributed by atoms with Crippen LogP contribution in [-0.4, -0.2) is 23.4 Å². The number of alkyl halides is 1. The molecule has 0 aliphatic carbocycles. The van der Waals surface area contributed by atoms with Crippen molar-refractivity contribution < 1.29 is 4.42 Å². The van der Waals surface area contributed by atoms with Crippen molar-refractivity contribution in [3.63, 3.8) is 0 Å². The minimum atomic E-state index is 0.905. The third-order valence-electron chi connectivity index (χ3n) is 2.60. The summed E-state index contributed by atoms with van der Waals surface area (Å²) in [6.07, 6.45) is 4.63. The van der Waals surface area contributed by atoms with Gasteiger partial charge in [-0.2, -0.15) is 0 Å². The summed E-state index contributed by atoms with van der Waals surface area (Å²) in [7, 11) is 0. The monoisotopic (exact) mass is 282 g/mol. The Morgan fingerprint density at radius 3 is 3.06 bits per heavy atom. The average molecular weight is 283 g/mol. The number of furan rings is 1. The number of rotatable bonds is 5. The minimum Gasteiger partial charge on any atom is -0.464 e. The first-order valence-electron chi connectivity index (χ1n) is 5.50. The number of pyridine rings is 1. The van der Waals surface area contributed by atoms with Crippen molar-refractivity contribution >= 4 is 32.7 Å². The molecule has 0 amide bonds. The normalized spacial score (nSPS) is 10.9. The average Bonchev–Trinajstić information content (AvgIpc) is 2.78. The van der Waals surface area contributed by atoms with Crippen LogP contribution in [0.5, 0.6) is 0 Å². The predicted molar refractivity (Wildman–Crippen MR) is 70.3 cm³/mol. The number of halogens is 1. The summed E-state index contributed by atoms with van der Waals surface area (Å²) in [5.74, 6) is 1.02. The van der Waals surface area contributed by atoms with E-state index in [4.69, 9.17) is 4.42 Å². The fourth-order valence-electron chi connectivity index (χ4n) is 1.80. The van der Waals surface area contributed by atoms with Crippen LogP contribution in [0.25, 0.3) is 11.0 Å². The van der Waals surface area contributed by atoms with Gasteiger partial charge < -0.3 is 9.32 Å². The third kappa shape index (κ3) is 2.21. The van der Waals surface area contributed by atoms with E-state index in [-0.39, 0.29) is 0 Å². The van der Waals surface area contributed by atoms with Gasteiger partial charge in [-0.3, -0.25) is 0 Å². The zero-order valence-electron chi connectivity index (χ0n) is 9.32. The molecule has 0 unspecified atom stereocenters. The van der Waals surface area contributed by atoms with Gasteiger partial charge in [0.15, 0.2) is 0 Å². The Morgan fingerprint density at radius 1 is 1.44 bits per heavy atom. The molecule has 2 aromatic heterocycles. The maximum atomic E-state index is 5.38. The lowest BCUT2D eigenvalue weighted by Crippen LogP contribution is -2.25. The first-order chi connectivity index (χ1) is 7.86. The summed E-state index contributed by atoms with van der Waals surface area (Å²) in [6.45, 7) is 4.12. The van der Waals surface area contributed by atoms with Crippen LogP contribution in [-0.2, 0) is 0 Å². The molecule has 0 N–H and O–H groups in total. The number of hydrogen-bond acceptors (Lipinski definition) is 3. The Kier molecular flexibility index (Phi) is 3.83. The van der Waals surface area contributed by atoms with Crippen LogP contribution in [0.15, 0.2) is 29.0 Å². The van der Waals surface area contributed by atoms with Gasteiger partial charge in [0, 0.05) is 24.6 Å². The van der Waals surface area contributed by atoms with Crippen molar-refractivity contribution in [1.82, 2.24) is 4.98 Å². The van der Waals surface area contributed by atoms with Gasteiger partial charge in [-0.15, -0.1) is 0 Å². The van der Waals surface area contributed by atoms with Gasteiger partial charge in [0.1, 0.15) is 11.4 Å². The smallest absolute Gasteiger partial charge is 0.139 e. The van der Waals surface area contributed by atoms with E-state index in [2.05, 4.69) is 32.7 Å². The van der Waals surface area contributed by atoms with Crippen LogP contribution < -0.4 is 4.90 Å². The van der Waals surface area contributed by atoms with Gasteiger partial charge >= 0.3 is 0 Å². The highest BCUT2D eigenvalue weighted by atomic mass is 79.9. The van der Waals surface area contributed by atoms with E-state index in [0.29, 0.717) is 0 Å². The van der Waals surface area contributed by atoms with Crippen LogP contribution in [0.4, 0.5) is 5.82 Å². The number of aromatic nitrogens is 1. The van der Waals surface area contributed by atoms with Crippen molar-refractivity contribution in [1.29, 1.82) is 0 Å². The minimum absolute atomic E-state index is 0.905. The van der Waals surface area contributed by atoms with E-state index in [1.807, 2.05) is 12.1 Å². The highest BCUT2D eigenvalue weighted by Gasteiger charge is 2.10. The van der Waals surface area contributed by atoms with Crippen LogP contribution in [0.1, 0.15) is 13.3 Å². The number of hydrogen-bond donors (Lipinski definition) is 0. The molecule has 4 heteroatoms. The molecule has 2 aromatic rings. The highest BCUT2D eigenvalue weighted by molar-refractivity contribution is 9.09. The van der Waals surface area contributed by atoms with Crippen LogP contribution in [0.3, 0.4) is 0 Å². The van der Waals surface area contributed by atoms with Crippen molar-refractivity contribution in [2.75, 3.05) is 23.3 Å². The van der Waals surface area contributed by atoms with Crippen molar-refractivity contribution in [3.05, 3.63) is 24.6 Å². The molecule has 0 atom stereocenters. The lowest BCUT2D eigenvalue weighted by Gasteiger charge is -2.21. The molecule has 2 rings (SSSR count). The van der Waals surface area contributed by atoms with E-state index in [1.165, 1.54) is 0 Å². The fourth-order valence-corrected chi connectivity index (χ4v) is 2.05. The Labute approximate surface area is 104 Å². The molecule has 0 saturated carbocycles. The summed E-state index contributed by atoms with van der Waals surface area (Å²) < 4.78 is 5.38. The van der Waals surface area contributed by atoms with E-state index >= 15 is 0 Å². The molecule has 3 nitrogen and oxygen atoms in total. The topological polar surface area (TPSA) is 29.3 Å². The van der Waals surface area contributed by atoms with Crippen LogP contribution >= 0.6 is 15.9 Å². The predicted octanol–water partition coefficient (Wildman–Crippen LogP) is 3.44. The van der Waals surface area contributed by atoms with E-state index < -0.39 is 0 Å². The molecular weight excluding hydrogens is 268 g/mol. The third-order valence-corrected chi connectivity index (χ3v) is 3.16. The summed E-state index contributed by atoms with van der Waals surface area (Å²) in [4.78, 5) is 6.73. The van der Waals surface area contributed by atoms with Gasteiger partial charge in [0.05, 0.1) is 11.6 Å². The Bertz CT molecular complexity index is 455.